The minimum Gasteiger partial charge on any atom is -0.356 e. The van der Waals surface area contributed by atoms with E-state index in [0.717, 1.165) is 17.9 Å². The van der Waals surface area contributed by atoms with Crippen molar-refractivity contribution in [3.63, 3.8) is 0 Å². The highest BCUT2D eigenvalue weighted by Crippen LogP contribution is 2.35. The second kappa shape index (κ2) is 3.66. The van der Waals surface area contributed by atoms with Crippen molar-refractivity contribution in [2.75, 3.05) is 0 Å². The van der Waals surface area contributed by atoms with Crippen molar-refractivity contribution in [1.82, 2.24) is 5.16 Å². The second-order valence-electron chi connectivity index (χ2n) is 4.60. The topological polar surface area (TPSA) is 52.0 Å². The first-order valence-electron chi connectivity index (χ1n) is 5.15. The van der Waals surface area contributed by atoms with Crippen LogP contribution >= 0.6 is 0 Å². The van der Waals surface area contributed by atoms with Gasteiger partial charge in [-0.05, 0) is 17.4 Å². The number of hydrogen-bond donors (Lipinski definition) is 1. The number of nitrogens with two attached hydrogens (primary N) is 1. The van der Waals surface area contributed by atoms with Crippen molar-refractivity contribution < 1.29 is 4.52 Å². The van der Waals surface area contributed by atoms with Gasteiger partial charge in [0.1, 0.15) is 0 Å². The van der Waals surface area contributed by atoms with E-state index < -0.39 is 0 Å². The average molecular weight is 204 g/mol. The molecule has 3 heteroatoms. The Hall–Kier alpha value is -1.35. The molecule has 0 spiro atoms. The van der Waals surface area contributed by atoms with Crippen LogP contribution in [0.15, 0.2) is 28.8 Å². The minimum atomic E-state index is 0.194. The molecule has 1 aliphatic carbocycles. The van der Waals surface area contributed by atoms with Gasteiger partial charge < -0.3 is 10.3 Å². The van der Waals surface area contributed by atoms with Crippen molar-refractivity contribution in [3.05, 3.63) is 35.7 Å². The Morgan fingerprint density at radius 3 is 2.93 bits per heavy atom. The van der Waals surface area contributed by atoms with Crippen LogP contribution in [0, 0.1) is 5.41 Å². The molecule has 0 atom stereocenters. The van der Waals surface area contributed by atoms with Gasteiger partial charge >= 0.3 is 0 Å². The van der Waals surface area contributed by atoms with Gasteiger partial charge in [-0.15, -0.1) is 0 Å². The minimum absolute atomic E-state index is 0.194. The lowest BCUT2D eigenvalue weighted by Gasteiger charge is -2.23. The Morgan fingerprint density at radius 2 is 2.33 bits per heavy atom. The van der Waals surface area contributed by atoms with Crippen molar-refractivity contribution in [3.8, 4) is 0 Å². The maximum Gasteiger partial charge on any atom is 0.163 e. The Morgan fingerprint density at radius 1 is 1.53 bits per heavy atom. The molecular weight excluding hydrogens is 188 g/mol. The van der Waals surface area contributed by atoms with Gasteiger partial charge in [0.15, 0.2) is 5.76 Å². The van der Waals surface area contributed by atoms with Crippen molar-refractivity contribution >= 4 is 5.57 Å². The summed E-state index contributed by atoms with van der Waals surface area (Å²) in [4.78, 5) is 0. The fraction of sp³-hybridized carbons (Fsp3) is 0.417. The van der Waals surface area contributed by atoms with E-state index in [4.69, 9.17) is 10.3 Å². The molecule has 0 unspecified atom stereocenters. The number of hydrogen-bond acceptors (Lipinski definition) is 3. The van der Waals surface area contributed by atoms with E-state index in [1.807, 2.05) is 6.07 Å². The maximum absolute atomic E-state index is 5.49. The third-order valence-corrected chi connectivity index (χ3v) is 2.58. The SMILES string of the molecule is CC1(C)C=CC=C(c2cc(CN)no2)C1. The monoisotopic (exact) mass is 204 g/mol. The van der Waals surface area contributed by atoms with Crippen LogP contribution in [0.25, 0.3) is 5.57 Å². The average Bonchev–Trinajstić information content (AvgIpc) is 2.64. The molecule has 15 heavy (non-hydrogen) atoms. The zero-order chi connectivity index (χ0) is 10.9. The molecule has 1 aromatic heterocycles. The molecule has 2 rings (SSSR count). The molecule has 0 aliphatic heterocycles. The number of allylic oxidation sites excluding steroid dienone is 4. The van der Waals surface area contributed by atoms with Crippen LogP contribution in [0.1, 0.15) is 31.7 Å². The standard InChI is InChI=1S/C12H16N2O/c1-12(2)5-3-4-9(7-12)11-6-10(8-13)14-15-11/h3-6H,7-8,13H2,1-2H3. The summed E-state index contributed by atoms with van der Waals surface area (Å²) in [5, 5.41) is 3.89. The van der Waals surface area contributed by atoms with Gasteiger partial charge in [-0.1, -0.05) is 37.2 Å². The first-order chi connectivity index (χ1) is 7.11. The lowest BCUT2D eigenvalue weighted by molar-refractivity contribution is 0.395. The van der Waals surface area contributed by atoms with Gasteiger partial charge in [-0.2, -0.15) is 0 Å². The highest BCUT2D eigenvalue weighted by molar-refractivity contribution is 5.65. The van der Waals surface area contributed by atoms with Crippen molar-refractivity contribution in [1.29, 1.82) is 0 Å². The molecule has 0 fully saturated rings. The molecule has 1 heterocycles. The molecule has 0 saturated heterocycles. The van der Waals surface area contributed by atoms with Crippen LogP contribution in [-0.2, 0) is 6.54 Å². The number of nitrogens with zero attached hydrogens (tertiary/aromatic N) is 1. The quantitative estimate of drug-likeness (QED) is 0.805. The molecule has 2 N–H and O–H groups in total. The van der Waals surface area contributed by atoms with E-state index in [1.165, 1.54) is 5.57 Å². The summed E-state index contributed by atoms with van der Waals surface area (Å²) in [7, 11) is 0. The molecular formula is C12H16N2O. The van der Waals surface area contributed by atoms with E-state index in [9.17, 15) is 0 Å². The van der Waals surface area contributed by atoms with Gasteiger partial charge in [0.25, 0.3) is 0 Å². The molecule has 3 nitrogen and oxygen atoms in total. The van der Waals surface area contributed by atoms with E-state index in [2.05, 4.69) is 37.2 Å². The van der Waals surface area contributed by atoms with Crippen LogP contribution in [0.3, 0.4) is 0 Å². The van der Waals surface area contributed by atoms with E-state index >= 15 is 0 Å². The second-order valence-corrected chi connectivity index (χ2v) is 4.60. The van der Waals surface area contributed by atoms with E-state index in [0.29, 0.717) is 6.54 Å². The van der Waals surface area contributed by atoms with E-state index in [-0.39, 0.29) is 5.41 Å². The molecule has 80 valence electrons. The Balaban J connectivity index is 2.25. The zero-order valence-electron chi connectivity index (χ0n) is 9.16. The van der Waals surface area contributed by atoms with Crippen molar-refractivity contribution in [2.45, 2.75) is 26.8 Å². The van der Waals surface area contributed by atoms with E-state index in [1.54, 1.807) is 0 Å². The maximum atomic E-state index is 5.49. The first kappa shape index (κ1) is 10.2. The van der Waals surface area contributed by atoms with Crippen LogP contribution in [0.5, 0.6) is 0 Å². The summed E-state index contributed by atoms with van der Waals surface area (Å²) in [6.07, 6.45) is 7.33. The lowest BCUT2D eigenvalue weighted by atomic mass is 9.81. The third kappa shape index (κ3) is 2.18. The number of rotatable bonds is 2. The molecule has 0 amide bonds. The third-order valence-electron chi connectivity index (χ3n) is 2.58. The predicted molar refractivity (Wildman–Crippen MR) is 59.9 cm³/mol. The summed E-state index contributed by atoms with van der Waals surface area (Å²) < 4.78 is 5.26. The molecule has 0 aromatic carbocycles. The summed E-state index contributed by atoms with van der Waals surface area (Å²) in [5.41, 5.74) is 7.68. The normalized spacial score (nSPS) is 19.0. The lowest BCUT2D eigenvalue weighted by Crippen LogP contribution is -2.10. The van der Waals surface area contributed by atoms with Gasteiger partial charge in [0.05, 0.1) is 5.69 Å². The summed E-state index contributed by atoms with van der Waals surface area (Å²) in [5.74, 6) is 0.841. The van der Waals surface area contributed by atoms with Crippen molar-refractivity contribution in [2.24, 2.45) is 11.1 Å². The fourth-order valence-electron chi connectivity index (χ4n) is 1.76. The Labute approximate surface area is 89.6 Å². The first-order valence-corrected chi connectivity index (χ1v) is 5.15. The van der Waals surface area contributed by atoms with Crippen LogP contribution < -0.4 is 5.73 Å². The van der Waals surface area contributed by atoms with Gasteiger partial charge in [-0.25, -0.2) is 0 Å². The largest absolute Gasteiger partial charge is 0.356 e. The van der Waals surface area contributed by atoms with Gasteiger partial charge in [0.2, 0.25) is 0 Å². The van der Waals surface area contributed by atoms with Crippen LogP contribution in [0.4, 0.5) is 0 Å². The zero-order valence-corrected chi connectivity index (χ0v) is 9.16. The summed E-state index contributed by atoms with van der Waals surface area (Å²) in [6, 6.07) is 1.92. The highest BCUT2D eigenvalue weighted by Gasteiger charge is 2.21. The molecule has 1 aliphatic rings. The summed E-state index contributed by atoms with van der Waals surface area (Å²) >= 11 is 0. The summed E-state index contributed by atoms with van der Waals surface area (Å²) in [6.45, 7) is 4.84. The number of aromatic nitrogens is 1. The van der Waals surface area contributed by atoms with Crippen LogP contribution in [0.2, 0.25) is 0 Å². The van der Waals surface area contributed by atoms with Gasteiger partial charge in [-0.3, -0.25) is 0 Å². The molecule has 1 aromatic rings. The Kier molecular flexibility index (Phi) is 2.49. The fourth-order valence-corrected chi connectivity index (χ4v) is 1.76. The smallest absolute Gasteiger partial charge is 0.163 e. The Bertz CT molecular complexity index is 413. The molecule has 0 bridgehead atoms. The highest BCUT2D eigenvalue weighted by atomic mass is 16.5. The molecule has 0 saturated carbocycles. The molecule has 0 radical (unpaired) electrons. The van der Waals surface area contributed by atoms with Crippen LogP contribution in [-0.4, -0.2) is 5.16 Å². The van der Waals surface area contributed by atoms with Gasteiger partial charge in [0, 0.05) is 12.6 Å². The predicted octanol–water partition coefficient (Wildman–Crippen LogP) is 2.50.